The number of rotatable bonds is 4. The van der Waals surface area contributed by atoms with Gasteiger partial charge < -0.3 is 4.74 Å². The Morgan fingerprint density at radius 2 is 1.17 bits per heavy atom. The summed E-state index contributed by atoms with van der Waals surface area (Å²) in [6, 6.07) is 28.6. The topological polar surface area (TPSA) is 26.3 Å². The van der Waals surface area contributed by atoms with Gasteiger partial charge in [0.15, 0.2) is 0 Å². The summed E-state index contributed by atoms with van der Waals surface area (Å²) < 4.78 is 5.18. The SMILES string of the molecule is ClCc1ccccc1.O=C(OCc1ccccc1)c1ccccc1. The minimum atomic E-state index is -0.288. The lowest BCUT2D eigenvalue weighted by Gasteiger charge is -2.04. The lowest BCUT2D eigenvalue weighted by atomic mass is 10.2. The number of benzene rings is 3. The lowest BCUT2D eigenvalue weighted by Crippen LogP contribution is -2.04. The third kappa shape index (κ3) is 6.27. The van der Waals surface area contributed by atoms with E-state index < -0.39 is 0 Å². The number of carbonyl (C=O) groups excluding carboxylic acids is 1. The zero-order valence-electron chi connectivity index (χ0n) is 13.3. The molecule has 122 valence electrons. The second-order valence-corrected chi connectivity index (χ2v) is 5.31. The second kappa shape index (κ2) is 10.2. The first-order valence-electron chi connectivity index (χ1n) is 7.65. The van der Waals surface area contributed by atoms with Crippen LogP contribution in [0, 0.1) is 0 Å². The maximum absolute atomic E-state index is 11.6. The quantitative estimate of drug-likeness (QED) is 0.466. The minimum Gasteiger partial charge on any atom is -0.457 e. The van der Waals surface area contributed by atoms with E-state index in [9.17, 15) is 4.79 Å². The summed E-state index contributed by atoms with van der Waals surface area (Å²) in [6.45, 7) is 0.314. The Kier molecular flexibility index (Phi) is 7.58. The fourth-order valence-electron chi connectivity index (χ4n) is 1.95. The maximum Gasteiger partial charge on any atom is 0.338 e. The second-order valence-electron chi connectivity index (χ2n) is 5.05. The fraction of sp³-hybridized carbons (Fsp3) is 0.0952. The standard InChI is InChI=1S/C14H12O2.C7H7Cl/c15-14(13-9-5-2-6-10-13)16-11-12-7-3-1-4-8-12;8-6-7-4-2-1-3-5-7/h1-10H,11H2;1-5H,6H2. The predicted octanol–water partition coefficient (Wildman–Crippen LogP) is 5.47. The molecule has 0 saturated heterocycles. The van der Waals surface area contributed by atoms with Gasteiger partial charge in [-0.25, -0.2) is 4.79 Å². The third-order valence-corrected chi connectivity index (χ3v) is 3.53. The van der Waals surface area contributed by atoms with Crippen molar-refractivity contribution in [3.05, 3.63) is 108 Å². The van der Waals surface area contributed by atoms with Crippen molar-refractivity contribution in [3.63, 3.8) is 0 Å². The summed E-state index contributed by atoms with van der Waals surface area (Å²) in [5.74, 6) is 0.324. The minimum absolute atomic E-state index is 0.288. The Morgan fingerprint density at radius 1 is 0.708 bits per heavy atom. The first kappa shape index (κ1) is 17.8. The number of hydrogen-bond donors (Lipinski definition) is 0. The molecule has 0 bridgehead atoms. The number of carbonyl (C=O) groups is 1. The molecule has 0 unspecified atom stereocenters. The van der Waals surface area contributed by atoms with E-state index in [0.29, 0.717) is 18.1 Å². The van der Waals surface area contributed by atoms with E-state index >= 15 is 0 Å². The van der Waals surface area contributed by atoms with Crippen LogP contribution in [0.2, 0.25) is 0 Å². The molecular weight excluding hydrogens is 320 g/mol. The Labute approximate surface area is 147 Å². The molecule has 3 aromatic rings. The van der Waals surface area contributed by atoms with Gasteiger partial charge in [-0.1, -0.05) is 78.9 Å². The zero-order valence-corrected chi connectivity index (χ0v) is 14.0. The molecule has 2 nitrogen and oxygen atoms in total. The molecule has 0 N–H and O–H groups in total. The van der Waals surface area contributed by atoms with Gasteiger partial charge in [0.25, 0.3) is 0 Å². The molecule has 3 heteroatoms. The molecule has 0 heterocycles. The monoisotopic (exact) mass is 338 g/mol. The summed E-state index contributed by atoms with van der Waals surface area (Å²) in [5, 5.41) is 0. The van der Waals surface area contributed by atoms with E-state index in [-0.39, 0.29) is 5.97 Å². The molecule has 0 fully saturated rings. The van der Waals surface area contributed by atoms with Crippen LogP contribution in [0.1, 0.15) is 21.5 Å². The smallest absolute Gasteiger partial charge is 0.338 e. The van der Waals surface area contributed by atoms with Crippen LogP contribution in [-0.2, 0) is 17.2 Å². The van der Waals surface area contributed by atoms with Crippen LogP contribution >= 0.6 is 11.6 Å². The molecule has 0 radical (unpaired) electrons. The Balaban J connectivity index is 0.000000219. The normalized spacial score (nSPS) is 9.54. The van der Waals surface area contributed by atoms with Gasteiger partial charge in [-0.05, 0) is 23.3 Å². The van der Waals surface area contributed by atoms with Crippen molar-refractivity contribution in [1.29, 1.82) is 0 Å². The maximum atomic E-state index is 11.6. The van der Waals surface area contributed by atoms with Crippen LogP contribution in [0.25, 0.3) is 0 Å². The van der Waals surface area contributed by atoms with Crippen LogP contribution in [0.15, 0.2) is 91.0 Å². The Hall–Kier alpha value is -2.58. The van der Waals surface area contributed by atoms with Crippen molar-refractivity contribution in [2.24, 2.45) is 0 Å². The highest BCUT2D eigenvalue weighted by atomic mass is 35.5. The molecule has 3 aromatic carbocycles. The molecule has 0 aromatic heterocycles. The van der Waals surface area contributed by atoms with Crippen molar-refractivity contribution in [2.75, 3.05) is 0 Å². The highest BCUT2D eigenvalue weighted by Gasteiger charge is 2.05. The number of halogens is 1. The van der Waals surface area contributed by atoms with Gasteiger partial charge in [0.05, 0.1) is 5.56 Å². The molecular formula is C21H19ClO2. The van der Waals surface area contributed by atoms with E-state index in [2.05, 4.69) is 0 Å². The zero-order chi connectivity index (χ0) is 17.0. The van der Waals surface area contributed by atoms with Crippen molar-refractivity contribution < 1.29 is 9.53 Å². The lowest BCUT2D eigenvalue weighted by molar-refractivity contribution is 0.0472. The summed E-state index contributed by atoms with van der Waals surface area (Å²) >= 11 is 5.53. The van der Waals surface area contributed by atoms with E-state index in [1.807, 2.05) is 78.9 Å². The molecule has 0 aliphatic rings. The fourth-order valence-corrected chi connectivity index (χ4v) is 2.13. The number of alkyl halides is 1. The van der Waals surface area contributed by atoms with Gasteiger partial charge in [0, 0.05) is 5.88 Å². The van der Waals surface area contributed by atoms with Crippen LogP contribution < -0.4 is 0 Å². The molecule has 0 saturated carbocycles. The molecule has 0 aliphatic heterocycles. The van der Waals surface area contributed by atoms with Crippen molar-refractivity contribution >= 4 is 17.6 Å². The molecule has 3 rings (SSSR count). The van der Waals surface area contributed by atoms with Crippen LogP contribution in [-0.4, -0.2) is 5.97 Å². The van der Waals surface area contributed by atoms with Gasteiger partial charge in [0.2, 0.25) is 0 Å². The number of ether oxygens (including phenoxy) is 1. The highest BCUT2D eigenvalue weighted by Crippen LogP contribution is 2.05. The first-order valence-corrected chi connectivity index (χ1v) is 8.19. The largest absolute Gasteiger partial charge is 0.457 e. The van der Waals surface area contributed by atoms with Crippen LogP contribution in [0.3, 0.4) is 0 Å². The van der Waals surface area contributed by atoms with Gasteiger partial charge in [0.1, 0.15) is 6.61 Å². The van der Waals surface area contributed by atoms with Gasteiger partial charge >= 0.3 is 5.97 Å². The first-order chi connectivity index (χ1) is 11.8. The summed E-state index contributed by atoms with van der Waals surface area (Å²) in [6.07, 6.45) is 0. The van der Waals surface area contributed by atoms with Crippen molar-refractivity contribution in [2.45, 2.75) is 12.5 Å². The summed E-state index contributed by atoms with van der Waals surface area (Å²) in [4.78, 5) is 11.6. The number of esters is 1. The van der Waals surface area contributed by atoms with E-state index in [1.165, 1.54) is 5.56 Å². The summed E-state index contributed by atoms with van der Waals surface area (Å²) in [5.41, 5.74) is 2.75. The molecule has 0 amide bonds. The predicted molar refractivity (Wildman–Crippen MR) is 98.0 cm³/mol. The van der Waals surface area contributed by atoms with E-state index in [1.54, 1.807) is 12.1 Å². The summed E-state index contributed by atoms with van der Waals surface area (Å²) in [7, 11) is 0. The number of hydrogen-bond acceptors (Lipinski definition) is 2. The Bertz CT molecular complexity index is 713. The molecule has 24 heavy (non-hydrogen) atoms. The molecule has 0 atom stereocenters. The van der Waals surface area contributed by atoms with E-state index in [0.717, 1.165) is 5.56 Å². The van der Waals surface area contributed by atoms with Crippen molar-refractivity contribution in [3.8, 4) is 0 Å². The molecule has 0 aliphatic carbocycles. The average molecular weight is 339 g/mol. The van der Waals surface area contributed by atoms with Gasteiger partial charge in [-0.2, -0.15) is 0 Å². The average Bonchev–Trinajstić information content (AvgIpc) is 2.69. The Morgan fingerprint density at radius 3 is 1.62 bits per heavy atom. The third-order valence-electron chi connectivity index (χ3n) is 3.22. The van der Waals surface area contributed by atoms with Crippen LogP contribution in [0.4, 0.5) is 0 Å². The van der Waals surface area contributed by atoms with Crippen molar-refractivity contribution in [1.82, 2.24) is 0 Å². The van der Waals surface area contributed by atoms with Gasteiger partial charge in [-0.3, -0.25) is 0 Å². The van der Waals surface area contributed by atoms with Crippen LogP contribution in [0.5, 0.6) is 0 Å². The molecule has 0 spiro atoms. The van der Waals surface area contributed by atoms with Gasteiger partial charge in [-0.15, -0.1) is 11.6 Å². The highest BCUT2D eigenvalue weighted by molar-refractivity contribution is 6.17. The van der Waals surface area contributed by atoms with E-state index in [4.69, 9.17) is 16.3 Å².